The number of nitrogens with zero attached hydrogens (tertiary/aromatic N) is 1. The Hall–Kier alpha value is -2.13. The first-order valence-electron chi connectivity index (χ1n) is 9.29. The van der Waals surface area contributed by atoms with Crippen molar-refractivity contribution in [3.63, 3.8) is 0 Å². The average molecular weight is 336 g/mol. The molecule has 1 fully saturated rings. The maximum atomic E-state index is 12.7. The molecule has 0 aromatic heterocycles. The second-order valence-corrected chi connectivity index (χ2v) is 7.27. The molecule has 0 spiro atoms. The largest absolute Gasteiger partial charge is 0.326 e. The van der Waals surface area contributed by atoms with Crippen molar-refractivity contribution in [1.29, 1.82) is 0 Å². The van der Waals surface area contributed by atoms with Crippen molar-refractivity contribution in [3.05, 3.63) is 65.7 Å². The number of hydrogen-bond donors (Lipinski definition) is 1. The van der Waals surface area contributed by atoms with Gasteiger partial charge in [0.05, 0.1) is 0 Å². The van der Waals surface area contributed by atoms with Gasteiger partial charge in [0.25, 0.3) is 0 Å². The van der Waals surface area contributed by atoms with Crippen LogP contribution in [-0.4, -0.2) is 23.9 Å². The maximum absolute atomic E-state index is 12.7. The quantitative estimate of drug-likeness (QED) is 0.861. The van der Waals surface area contributed by atoms with Crippen LogP contribution in [0.25, 0.3) is 0 Å². The Morgan fingerprint density at radius 1 is 1.04 bits per heavy atom. The van der Waals surface area contributed by atoms with Crippen molar-refractivity contribution in [2.45, 2.75) is 39.2 Å². The smallest absolute Gasteiger partial charge is 0.227 e. The van der Waals surface area contributed by atoms with Crippen LogP contribution < -0.4 is 5.32 Å². The van der Waals surface area contributed by atoms with Gasteiger partial charge in [0.15, 0.2) is 0 Å². The summed E-state index contributed by atoms with van der Waals surface area (Å²) in [5.41, 5.74) is 3.52. The van der Waals surface area contributed by atoms with E-state index in [9.17, 15) is 4.79 Å². The molecule has 1 amide bonds. The van der Waals surface area contributed by atoms with Crippen LogP contribution in [0, 0.1) is 5.92 Å². The predicted octanol–water partition coefficient (Wildman–Crippen LogP) is 4.66. The standard InChI is InChI=1S/C22H28N2O/c1-17(2)20-10-6-7-11-21(20)23-22(25)19-12-14-24(15-13-19)16-18-8-4-3-5-9-18/h3-11,17,19H,12-16H2,1-2H3,(H,23,25). The first-order chi connectivity index (χ1) is 12.1. The zero-order chi connectivity index (χ0) is 17.6. The molecule has 0 bridgehead atoms. The van der Waals surface area contributed by atoms with Crippen molar-refractivity contribution < 1.29 is 4.79 Å². The summed E-state index contributed by atoms with van der Waals surface area (Å²) >= 11 is 0. The van der Waals surface area contributed by atoms with Gasteiger partial charge in [-0.1, -0.05) is 62.4 Å². The van der Waals surface area contributed by atoms with Gasteiger partial charge < -0.3 is 5.32 Å². The number of piperidine rings is 1. The van der Waals surface area contributed by atoms with Gasteiger partial charge in [0.2, 0.25) is 5.91 Å². The van der Waals surface area contributed by atoms with Gasteiger partial charge in [-0.2, -0.15) is 0 Å². The van der Waals surface area contributed by atoms with Crippen LogP contribution in [0.5, 0.6) is 0 Å². The highest BCUT2D eigenvalue weighted by molar-refractivity contribution is 5.93. The normalized spacial score (nSPS) is 16.1. The molecule has 1 N–H and O–H groups in total. The van der Waals surface area contributed by atoms with Crippen LogP contribution in [0.4, 0.5) is 5.69 Å². The Morgan fingerprint density at radius 2 is 1.68 bits per heavy atom. The minimum Gasteiger partial charge on any atom is -0.326 e. The van der Waals surface area contributed by atoms with Gasteiger partial charge in [-0.3, -0.25) is 9.69 Å². The Kier molecular flexibility index (Phi) is 5.87. The number of para-hydroxylation sites is 1. The maximum Gasteiger partial charge on any atom is 0.227 e. The molecule has 3 nitrogen and oxygen atoms in total. The van der Waals surface area contributed by atoms with E-state index >= 15 is 0 Å². The summed E-state index contributed by atoms with van der Waals surface area (Å²) in [6, 6.07) is 18.7. The molecule has 0 atom stereocenters. The minimum atomic E-state index is 0.118. The highest BCUT2D eigenvalue weighted by Crippen LogP contribution is 2.26. The molecule has 0 radical (unpaired) electrons. The number of carbonyl (C=O) groups excluding carboxylic acids is 1. The summed E-state index contributed by atoms with van der Waals surface area (Å²) in [6.07, 6.45) is 1.87. The molecule has 3 heteroatoms. The molecule has 0 aliphatic carbocycles. The Labute approximate surface area is 151 Å². The molecular weight excluding hydrogens is 308 g/mol. The average Bonchev–Trinajstić information content (AvgIpc) is 2.63. The van der Waals surface area contributed by atoms with Crippen LogP contribution in [0.1, 0.15) is 43.7 Å². The van der Waals surface area contributed by atoms with Crippen molar-refractivity contribution in [2.75, 3.05) is 18.4 Å². The lowest BCUT2D eigenvalue weighted by Crippen LogP contribution is -2.37. The SMILES string of the molecule is CC(C)c1ccccc1NC(=O)C1CCN(Cc2ccccc2)CC1. The molecule has 1 heterocycles. The summed E-state index contributed by atoms with van der Waals surface area (Å²) in [7, 11) is 0. The van der Waals surface area contributed by atoms with E-state index < -0.39 is 0 Å². The van der Waals surface area contributed by atoms with E-state index in [-0.39, 0.29) is 11.8 Å². The zero-order valence-electron chi connectivity index (χ0n) is 15.2. The Morgan fingerprint density at radius 3 is 2.36 bits per heavy atom. The number of anilines is 1. The fraction of sp³-hybridized carbons (Fsp3) is 0.409. The molecule has 132 valence electrons. The summed E-state index contributed by atoms with van der Waals surface area (Å²) in [5.74, 6) is 0.698. The number of carbonyl (C=O) groups is 1. The minimum absolute atomic E-state index is 0.118. The molecule has 1 saturated heterocycles. The van der Waals surface area contributed by atoms with Crippen molar-refractivity contribution >= 4 is 11.6 Å². The third-order valence-electron chi connectivity index (χ3n) is 5.05. The second kappa shape index (κ2) is 8.30. The number of amides is 1. The van der Waals surface area contributed by atoms with Crippen LogP contribution >= 0.6 is 0 Å². The van der Waals surface area contributed by atoms with Crippen molar-refractivity contribution in [3.8, 4) is 0 Å². The van der Waals surface area contributed by atoms with E-state index in [0.29, 0.717) is 5.92 Å². The van der Waals surface area contributed by atoms with E-state index in [1.165, 1.54) is 11.1 Å². The Bertz CT molecular complexity index is 688. The number of hydrogen-bond acceptors (Lipinski definition) is 2. The number of benzene rings is 2. The Balaban J connectivity index is 1.54. The lowest BCUT2D eigenvalue weighted by molar-refractivity contribution is -0.121. The summed E-state index contributed by atoms with van der Waals surface area (Å²) in [5, 5.41) is 3.17. The van der Waals surface area contributed by atoms with Crippen molar-refractivity contribution in [1.82, 2.24) is 4.90 Å². The predicted molar refractivity (Wildman–Crippen MR) is 104 cm³/mol. The fourth-order valence-electron chi connectivity index (χ4n) is 3.54. The van der Waals surface area contributed by atoms with Gasteiger partial charge in [0, 0.05) is 18.2 Å². The third-order valence-corrected chi connectivity index (χ3v) is 5.05. The van der Waals surface area contributed by atoms with E-state index in [2.05, 4.69) is 60.5 Å². The summed E-state index contributed by atoms with van der Waals surface area (Å²) in [4.78, 5) is 15.1. The van der Waals surface area contributed by atoms with Crippen LogP contribution in [0.3, 0.4) is 0 Å². The number of nitrogens with one attached hydrogen (secondary N) is 1. The summed E-state index contributed by atoms with van der Waals surface area (Å²) in [6.45, 7) is 7.27. The second-order valence-electron chi connectivity index (χ2n) is 7.27. The number of rotatable bonds is 5. The van der Waals surface area contributed by atoms with Gasteiger partial charge in [-0.15, -0.1) is 0 Å². The number of likely N-dealkylation sites (tertiary alicyclic amines) is 1. The molecule has 25 heavy (non-hydrogen) atoms. The van der Waals surface area contributed by atoms with Crippen LogP contribution in [0.15, 0.2) is 54.6 Å². The first-order valence-corrected chi connectivity index (χ1v) is 9.29. The van der Waals surface area contributed by atoms with E-state index in [1.54, 1.807) is 0 Å². The monoisotopic (exact) mass is 336 g/mol. The molecule has 1 aliphatic heterocycles. The van der Waals surface area contributed by atoms with Gasteiger partial charge in [-0.25, -0.2) is 0 Å². The molecule has 0 unspecified atom stereocenters. The molecule has 2 aromatic carbocycles. The fourth-order valence-corrected chi connectivity index (χ4v) is 3.54. The van der Waals surface area contributed by atoms with Crippen LogP contribution in [0.2, 0.25) is 0 Å². The van der Waals surface area contributed by atoms with Gasteiger partial charge in [0.1, 0.15) is 0 Å². The lowest BCUT2D eigenvalue weighted by atomic mass is 9.94. The van der Waals surface area contributed by atoms with Gasteiger partial charge >= 0.3 is 0 Å². The molecule has 0 saturated carbocycles. The molecule has 2 aromatic rings. The lowest BCUT2D eigenvalue weighted by Gasteiger charge is -2.31. The molecular formula is C22H28N2O. The van der Waals surface area contributed by atoms with Crippen LogP contribution in [-0.2, 0) is 11.3 Å². The highest BCUT2D eigenvalue weighted by atomic mass is 16.1. The third kappa shape index (κ3) is 4.70. The van der Waals surface area contributed by atoms with Gasteiger partial charge in [-0.05, 0) is 49.0 Å². The first kappa shape index (κ1) is 17.7. The molecule has 3 rings (SSSR count). The molecule has 1 aliphatic rings. The summed E-state index contributed by atoms with van der Waals surface area (Å²) < 4.78 is 0. The van der Waals surface area contributed by atoms with E-state index in [1.807, 2.05) is 18.2 Å². The topological polar surface area (TPSA) is 32.3 Å². The van der Waals surface area contributed by atoms with Crippen molar-refractivity contribution in [2.24, 2.45) is 5.92 Å². The highest BCUT2D eigenvalue weighted by Gasteiger charge is 2.25. The van der Waals surface area contributed by atoms with E-state index in [4.69, 9.17) is 0 Å². The zero-order valence-corrected chi connectivity index (χ0v) is 15.2. The van der Waals surface area contributed by atoms with E-state index in [0.717, 1.165) is 38.2 Å².